The number of rotatable bonds is 8. The van der Waals surface area contributed by atoms with Crippen LogP contribution in [0.4, 0.5) is 10.1 Å². The minimum absolute atomic E-state index is 0.0734. The van der Waals surface area contributed by atoms with Gasteiger partial charge >= 0.3 is 0 Å². The van der Waals surface area contributed by atoms with Crippen LogP contribution < -0.4 is 14.8 Å². The number of halogens is 2. The molecule has 0 fully saturated rings. The first kappa shape index (κ1) is 23.7. The molecular formula is C23H22ClFN2O4S. The Morgan fingerprint density at radius 3 is 2.47 bits per heavy atom. The average Bonchev–Trinajstić information content (AvgIpc) is 2.76. The van der Waals surface area contributed by atoms with Crippen molar-refractivity contribution in [3.8, 4) is 5.75 Å². The lowest BCUT2D eigenvalue weighted by molar-refractivity contribution is -0.117. The third kappa shape index (κ3) is 5.85. The van der Waals surface area contributed by atoms with Crippen molar-refractivity contribution in [3.63, 3.8) is 0 Å². The number of nitrogens with one attached hydrogen (secondary N) is 2. The monoisotopic (exact) mass is 476 g/mol. The van der Waals surface area contributed by atoms with Crippen LogP contribution in [0.25, 0.3) is 0 Å². The summed E-state index contributed by atoms with van der Waals surface area (Å²) < 4.78 is 47.5. The maximum Gasteiger partial charge on any atom is 0.245 e. The molecule has 9 heteroatoms. The summed E-state index contributed by atoms with van der Waals surface area (Å²) in [6.07, 6.45) is 0.0922. The number of anilines is 1. The molecule has 0 unspecified atom stereocenters. The number of carbonyl (C=O) groups excluding carboxylic acids is 1. The Labute approximate surface area is 191 Å². The van der Waals surface area contributed by atoms with E-state index in [9.17, 15) is 17.6 Å². The summed E-state index contributed by atoms with van der Waals surface area (Å²) >= 11 is 5.79. The van der Waals surface area contributed by atoms with Gasteiger partial charge in [-0.2, -0.15) is 4.72 Å². The third-order valence-electron chi connectivity index (χ3n) is 4.69. The summed E-state index contributed by atoms with van der Waals surface area (Å²) in [5, 5.41) is 2.44. The Kier molecular flexibility index (Phi) is 7.50. The van der Waals surface area contributed by atoms with Crippen LogP contribution in [0.15, 0.2) is 71.6 Å². The maximum atomic E-state index is 13.4. The van der Waals surface area contributed by atoms with E-state index in [1.54, 1.807) is 43.3 Å². The molecule has 0 aliphatic carbocycles. The largest absolute Gasteiger partial charge is 0.495 e. The molecule has 3 rings (SSSR count). The molecule has 6 nitrogen and oxygen atoms in total. The highest BCUT2D eigenvalue weighted by Crippen LogP contribution is 2.25. The van der Waals surface area contributed by atoms with Crippen LogP contribution in [0.1, 0.15) is 11.1 Å². The standard InChI is InChI=1S/C23H22ClFN2O4S/c1-15-8-11-21(31-2)22(12-15)32(29,30)27-20(13-16-6-4-3-5-7-16)23(28)26-17-9-10-19(25)18(24)14-17/h3-12,14,20,27H,13H2,1-2H3,(H,26,28)/t20-/m0/s1. The fourth-order valence-corrected chi connectivity index (χ4v) is 4.72. The molecule has 0 heterocycles. The Morgan fingerprint density at radius 2 is 1.81 bits per heavy atom. The van der Waals surface area contributed by atoms with E-state index in [1.165, 1.54) is 25.3 Å². The first-order valence-corrected chi connectivity index (χ1v) is 11.5. The zero-order valence-corrected chi connectivity index (χ0v) is 19.0. The summed E-state index contributed by atoms with van der Waals surface area (Å²) in [6, 6.07) is 16.3. The molecule has 0 radical (unpaired) electrons. The predicted octanol–water partition coefficient (Wildman–Crippen LogP) is 4.32. The maximum absolute atomic E-state index is 13.4. The molecule has 3 aromatic carbocycles. The van der Waals surface area contributed by atoms with Crippen LogP contribution in [-0.2, 0) is 21.2 Å². The second-order valence-electron chi connectivity index (χ2n) is 7.14. The lowest BCUT2D eigenvalue weighted by atomic mass is 10.1. The number of methoxy groups -OCH3 is 1. The van der Waals surface area contributed by atoms with Crippen LogP contribution in [0.2, 0.25) is 5.02 Å². The highest BCUT2D eigenvalue weighted by molar-refractivity contribution is 7.89. The molecule has 3 aromatic rings. The summed E-state index contributed by atoms with van der Waals surface area (Å²) in [5.41, 5.74) is 1.71. The molecule has 0 aliphatic heterocycles. The number of sulfonamides is 1. The Bertz CT molecular complexity index is 1220. The van der Waals surface area contributed by atoms with E-state index in [0.29, 0.717) is 0 Å². The van der Waals surface area contributed by atoms with Crippen molar-refractivity contribution in [2.75, 3.05) is 12.4 Å². The molecule has 0 spiro atoms. The first-order valence-electron chi connectivity index (χ1n) is 9.66. The van der Waals surface area contributed by atoms with Gasteiger partial charge in [0.2, 0.25) is 15.9 Å². The van der Waals surface area contributed by atoms with Crippen molar-refractivity contribution >= 4 is 33.2 Å². The smallest absolute Gasteiger partial charge is 0.245 e. The summed E-state index contributed by atoms with van der Waals surface area (Å²) in [6.45, 7) is 1.75. The first-order chi connectivity index (χ1) is 15.2. The average molecular weight is 477 g/mol. The highest BCUT2D eigenvalue weighted by atomic mass is 35.5. The van der Waals surface area contributed by atoms with Crippen molar-refractivity contribution < 1.29 is 22.3 Å². The van der Waals surface area contributed by atoms with Gasteiger partial charge in [0.25, 0.3) is 0 Å². The van der Waals surface area contributed by atoms with Gasteiger partial charge in [0.05, 0.1) is 12.1 Å². The zero-order valence-electron chi connectivity index (χ0n) is 17.4. The van der Waals surface area contributed by atoms with Crippen LogP contribution in [-0.4, -0.2) is 27.5 Å². The second kappa shape index (κ2) is 10.1. The van der Waals surface area contributed by atoms with E-state index in [-0.39, 0.29) is 27.8 Å². The number of benzene rings is 3. The van der Waals surface area contributed by atoms with Gasteiger partial charge < -0.3 is 10.1 Å². The van der Waals surface area contributed by atoms with E-state index in [0.717, 1.165) is 17.2 Å². The number of amides is 1. The predicted molar refractivity (Wildman–Crippen MR) is 122 cm³/mol. The van der Waals surface area contributed by atoms with Gasteiger partial charge in [-0.25, -0.2) is 12.8 Å². The molecule has 0 bridgehead atoms. The summed E-state index contributed by atoms with van der Waals surface area (Å²) in [4.78, 5) is 13.0. The Morgan fingerprint density at radius 1 is 1.09 bits per heavy atom. The van der Waals surface area contributed by atoms with Gasteiger partial charge in [0.15, 0.2) is 0 Å². The molecule has 1 atom stereocenters. The molecule has 2 N–H and O–H groups in total. The molecule has 0 saturated carbocycles. The van der Waals surface area contributed by atoms with E-state index >= 15 is 0 Å². The van der Waals surface area contributed by atoms with Crippen LogP contribution >= 0.6 is 11.6 Å². The molecule has 0 aliphatic rings. The fraction of sp³-hybridized carbons (Fsp3) is 0.174. The van der Waals surface area contributed by atoms with Crippen molar-refractivity contribution in [2.45, 2.75) is 24.3 Å². The van der Waals surface area contributed by atoms with E-state index < -0.39 is 27.8 Å². The lowest BCUT2D eigenvalue weighted by Gasteiger charge is -2.20. The van der Waals surface area contributed by atoms with Gasteiger partial charge in [-0.1, -0.05) is 48.0 Å². The van der Waals surface area contributed by atoms with E-state index in [2.05, 4.69) is 10.0 Å². The molecule has 168 valence electrons. The molecule has 0 aromatic heterocycles. The molecule has 1 amide bonds. The van der Waals surface area contributed by atoms with E-state index in [4.69, 9.17) is 16.3 Å². The minimum atomic E-state index is -4.12. The van der Waals surface area contributed by atoms with E-state index in [1.807, 2.05) is 6.07 Å². The zero-order chi connectivity index (χ0) is 23.3. The molecular weight excluding hydrogens is 455 g/mol. The minimum Gasteiger partial charge on any atom is -0.495 e. The van der Waals surface area contributed by atoms with Crippen molar-refractivity contribution in [1.29, 1.82) is 0 Å². The Hall–Kier alpha value is -2.94. The quantitative estimate of drug-likeness (QED) is 0.507. The Balaban J connectivity index is 1.92. The van der Waals surface area contributed by atoms with Crippen LogP contribution in [0.3, 0.4) is 0 Å². The highest BCUT2D eigenvalue weighted by Gasteiger charge is 2.28. The number of hydrogen-bond acceptors (Lipinski definition) is 4. The number of aryl methyl sites for hydroxylation is 1. The third-order valence-corrected chi connectivity index (χ3v) is 6.47. The fourth-order valence-electron chi connectivity index (χ4n) is 3.09. The number of hydrogen-bond donors (Lipinski definition) is 2. The van der Waals surface area contributed by atoms with Gasteiger partial charge in [0, 0.05) is 5.69 Å². The van der Waals surface area contributed by atoms with Gasteiger partial charge in [-0.05, 0) is 54.8 Å². The van der Waals surface area contributed by atoms with Crippen molar-refractivity contribution in [1.82, 2.24) is 4.72 Å². The second-order valence-corrected chi connectivity index (χ2v) is 9.23. The topological polar surface area (TPSA) is 84.5 Å². The van der Waals surface area contributed by atoms with Crippen LogP contribution in [0.5, 0.6) is 5.75 Å². The van der Waals surface area contributed by atoms with Crippen molar-refractivity contribution in [3.05, 3.63) is 88.7 Å². The summed E-state index contributed by atoms with van der Waals surface area (Å²) in [5.74, 6) is -1.09. The SMILES string of the molecule is COc1ccc(C)cc1S(=O)(=O)N[C@@H](Cc1ccccc1)C(=O)Nc1ccc(F)c(Cl)c1. The lowest BCUT2D eigenvalue weighted by Crippen LogP contribution is -2.45. The number of ether oxygens (including phenoxy) is 1. The van der Waals surface area contributed by atoms with Gasteiger partial charge in [-0.3, -0.25) is 4.79 Å². The van der Waals surface area contributed by atoms with Gasteiger partial charge in [0.1, 0.15) is 22.5 Å². The van der Waals surface area contributed by atoms with Gasteiger partial charge in [-0.15, -0.1) is 0 Å². The molecule has 0 saturated heterocycles. The number of carbonyl (C=O) groups is 1. The normalized spacial score (nSPS) is 12.2. The van der Waals surface area contributed by atoms with Crippen molar-refractivity contribution in [2.24, 2.45) is 0 Å². The van der Waals surface area contributed by atoms with Crippen LogP contribution in [0, 0.1) is 12.7 Å². The summed E-state index contributed by atoms with van der Waals surface area (Å²) in [7, 11) is -2.75. The molecule has 32 heavy (non-hydrogen) atoms.